The van der Waals surface area contributed by atoms with Gasteiger partial charge in [-0.25, -0.2) is 4.98 Å². The highest BCUT2D eigenvalue weighted by Gasteiger charge is 2.41. The fraction of sp³-hybridized carbons (Fsp3) is 0.524. The van der Waals surface area contributed by atoms with Crippen molar-refractivity contribution < 1.29 is 4.74 Å². The minimum atomic E-state index is -0.107. The van der Waals surface area contributed by atoms with Gasteiger partial charge in [-0.2, -0.15) is 0 Å². The van der Waals surface area contributed by atoms with Gasteiger partial charge in [-0.1, -0.05) is 29.3 Å². The maximum Gasteiger partial charge on any atom is 0.263 e. The van der Waals surface area contributed by atoms with Crippen LogP contribution < -0.4 is 10.5 Å². The number of piperidine rings is 1. The van der Waals surface area contributed by atoms with E-state index in [9.17, 15) is 4.79 Å². The minimum absolute atomic E-state index is 0.107. The highest BCUT2D eigenvalue weighted by atomic mass is 35.5. The third-order valence-corrected chi connectivity index (χ3v) is 6.95. The molecule has 7 heteroatoms. The van der Waals surface area contributed by atoms with Gasteiger partial charge in [-0.15, -0.1) is 0 Å². The molecule has 2 aliphatic rings. The fourth-order valence-corrected chi connectivity index (χ4v) is 4.92. The Morgan fingerprint density at radius 1 is 1.21 bits per heavy atom. The Labute approximate surface area is 175 Å². The van der Waals surface area contributed by atoms with Gasteiger partial charge in [0.15, 0.2) is 0 Å². The molecule has 150 valence electrons. The third kappa shape index (κ3) is 3.34. The van der Waals surface area contributed by atoms with Crippen molar-refractivity contribution in [2.45, 2.75) is 46.1 Å². The van der Waals surface area contributed by atoms with Crippen LogP contribution in [0.1, 0.15) is 37.6 Å². The number of hydrogen-bond acceptors (Lipinski definition) is 4. The SMILES string of the molecule is Cc1c(N2CCC3(CC2)CO[C@@H](C)C3)nc(C)n(-c2cccc(Cl)c2Cl)c1=O. The zero-order valence-electron chi connectivity index (χ0n) is 16.5. The van der Waals surface area contributed by atoms with E-state index in [1.54, 1.807) is 22.8 Å². The van der Waals surface area contributed by atoms with Gasteiger partial charge >= 0.3 is 0 Å². The van der Waals surface area contributed by atoms with E-state index in [1.807, 2.05) is 13.8 Å². The van der Waals surface area contributed by atoms with Crippen LogP contribution >= 0.6 is 23.2 Å². The van der Waals surface area contributed by atoms with E-state index >= 15 is 0 Å². The second-order valence-corrected chi connectivity index (χ2v) is 8.92. The molecule has 5 nitrogen and oxygen atoms in total. The van der Waals surface area contributed by atoms with Gasteiger partial charge in [0.25, 0.3) is 5.56 Å². The van der Waals surface area contributed by atoms with E-state index < -0.39 is 0 Å². The lowest BCUT2D eigenvalue weighted by Crippen LogP contribution is -2.42. The first-order valence-electron chi connectivity index (χ1n) is 9.72. The number of anilines is 1. The van der Waals surface area contributed by atoms with Crippen molar-refractivity contribution in [1.29, 1.82) is 0 Å². The molecule has 2 fully saturated rings. The molecule has 4 rings (SSSR count). The Kier molecular flexibility index (Phi) is 5.19. The highest BCUT2D eigenvalue weighted by Crippen LogP contribution is 2.42. The van der Waals surface area contributed by atoms with E-state index in [1.165, 1.54) is 0 Å². The maximum absolute atomic E-state index is 13.2. The zero-order chi connectivity index (χ0) is 20.1. The molecule has 0 unspecified atom stereocenters. The lowest BCUT2D eigenvalue weighted by molar-refractivity contribution is 0.0975. The molecule has 3 heterocycles. The van der Waals surface area contributed by atoms with Crippen LogP contribution in [0.3, 0.4) is 0 Å². The van der Waals surface area contributed by atoms with Crippen LogP contribution in [0.15, 0.2) is 23.0 Å². The van der Waals surface area contributed by atoms with Crippen molar-refractivity contribution in [3.63, 3.8) is 0 Å². The molecule has 0 amide bonds. The van der Waals surface area contributed by atoms with E-state index in [0.717, 1.165) is 44.8 Å². The number of nitrogens with zero attached hydrogens (tertiary/aromatic N) is 3. The Hall–Kier alpha value is -1.56. The van der Waals surface area contributed by atoms with Crippen LogP contribution in [0.4, 0.5) is 5.82 Å². The van der Waals surface area contributed by atoms with Crippen LogP contribution in [-0.2, 0) is 4.74 Å². The van der Waals surface area contributed by atoms with Gasteiger partial charge in [-0.05, 0) is 57.6 Å². The van der Waals surface area contributed by atoms with Crippen molar-refractivity contribution in [3.8, 4) is 5.69 Å². The first kappa shape index (κ1) is 19.7. The molecule has 0 bridgehead atoms. The molecule has 0 N–H and O–H groups in total. The van der Waals surface area contributed by atoms with Crippen molar-refractivity contribution in [1.82, 2.24) is 9.55 Å². The summed E-state index contributed by atoms with van der Waals surface area (Å²) in [7, 11) is 0. The lowest BCUT2D eigenvalue weighted by Gasteiger charge is -2.39. The molecular weight excluding hydrogens is 397 g/mol. The van der Waals surface area contributed by atoms with Crippen molar-refractivity contribution in [2.24, 2.45) is 5.41 Å². The summed E-state index contributed by atoms with van der Waals surface area (Å²) in [4.78, 5) is 20.2. The summed E-state index contributed by atoms with van der Waals surface area (Å²) >= 11 is 12.5. The van der Waals surface area contributed by atoms with E-state index in [-0.39, 0.29) is 5.56 Å². The number of aromatic nitrogens is 2. The number of hydrogen-bond donors (Lipinski definition) is 0. The molecule has 1 spiro atoms. The van der Waals surface area contributed by atoms with E-state index in [0.29, 0.717) is 38.6 Å². The van der Waals surface area contributed by atoms with Gasteiger partial charge in [-0.3, -0.25) is 9.36 Å². The predicted molar refractivity (Wildman–Crippen MR) is 113 cm³/mol. The molecule has 0 radical (unpaired) electrons. The van der Waals surface area contributed by atoms with Crippen LogP contribution in [-0.4, -0.2) is 35.4 Å². The number of aryl methyl sites for hydroxylation is 1. The third-order valence-electron chi connectivity index (χ3n) is 6.14. The summed E-state index contributed by atoms with van der Waals surface area (Å²) in [5.41, 5.74) is 1.38. The molecule has 0 aliphatic carbocycles. The Balaban J connectivity index is 1.66. The highest BCUT2D eigenvalue weighted by molar-refractivity contribution is 6.43. The first-order chi connectivity index (χ1) is 13.3. The number of halogens is 2. The Morgan fingerprint density at radius 3 is 2.57 bits per heavy atom. The molecule has 1 aromatic heterocycles. The Morgan fingerprint density at radius 2 is 1.93 bits per heavy atom. The molecule has 1 atom stereocenters. The molecular formula is C21H25Cl2N3O2. The molecule has 28 heavy (non-hydrogen) atoms. The quantitative estimate of drug-likeness (QED) is 0.713. The normalized spacial score (nSPS) is 21.5. The second-order valence-electron chi connectivity index (χ2n) is 8.13. The summed E-state index contributed by atoms with van der Waals surface area (Å²) < 4.78 is 7.37. The van der Waals surface area contributed by atoms with Crippen LogP contribution in [0.25, 0.3) is 5.69 Å². The van der Waals surface area contributed by atoms with Crippen molar-refractivity contribution in [2.75, 3.05) is 24.6 Å². The first-order valence-corrected chi connectivity index (χ1v) is 10.5. The summed E-state index contributed by atoms with van der Waals surface area (Å²) in [5, 5.41) is 0.778. The van der Waals surface area contributed by atoms with Gasteiger partial charge in [0.2, 0.25) is 0 Å². The van der Waals surface area contributed by atoms with Gasteiger partial charge < -0.3 is 9.64 Å². The molecule has 2 aliphatic heterocycles. The van der Waals surface area contributed by atoms with Crippen molar-refractivity contribution >= 4 is 29.0 Å². The molecule has 0 saturated carbocycles. The Bertz CT molecular complexity index is 965. The summed E-state index contributed by atoms with van der Waals surface area (Å²) in [6.07, 6.45) is 3.61. The topological polar surface area (TPSA) is 47.4 Å². The standard InChI is InChI=1S/C21H25Cl2N3O2/c1-13-11-21(12-28-13)7-9-25(10-8-21)19-14(2)20(27)26(15(3)24-19)17-6-4-5-16(22)18(17)23/h4-6,13H,7-12H2,1-3H3/t13-/m0/s1. The van der Waals surface area contributed by atoms with Gasteiger partial charge in [0.1, 0.15) is 11.6 Å². The molecule has 1 aromatic carbocycles. The summed E-state index contributed by atoms with van der Waals surface area (Å²) in [6.45, 7) is 8.46. The van der Waals surface area contributed by atoms with E-state index in [2.05, 4.69) is 11.8 Å². The maximum atomic E-state index is 13.2. The second kappa shape index (κ2) is 7.36. The summed E-state index contributed by atoms with van der Waals surface area (Å²) in [5.74, 6) is 1.38. The number of benzene rings is 1. The monoisotopic (exact) mass is 421 g/mol. The number of rotatable bonds is 2. The smallest absolute Gasteiger partial charge is 0.263 e. The van der Waals surface area contributed by atoms with Crippen molar-refractivity contribution in [3.05, 3.63) is 50.0 Å². The number of ether oxygens (including phenoxy) is 1. The average molecular weight is 422 g/mol. The minimum Gasteiger partial charge on any atom is -0.378 e. The van der Waals surface area contributed by atoms with Gasteiger partial charge in [0.05, 0.1) is 34.0 Å². The predicted octanol–water partition coefficient (Wildman–Crippen LogP) is 4.55. The van der Waals surface area contributed by atoms with Crippen LogP contribution in [0.2, 0.25) is 10.0 Å². The summed E-state index contributed by atoms with van der Waals surface area (Å²) in [6, 6.07) is 5.28. The average Bonchev–Trinajstić information content (AvgIpc) is 3.03. The molecule has 2 saturated heterocycles. The largest absolute Gasteiger partial charge is 0.378 e. The van der Waals surface area contributed by atoms with Crippen LogP contribution in [0, 0.1) is 19.3 Å². The lowest BCUT2D eigenvalue weighted by atomic mass is 9.77. The van der Waals surface area contributed by atoms with Gasteiger partial charge in [0, 0.05) is 13.1 Å². The van der Waals surface area contributed by atoms with Crippen LogP contribution in [0.5, 0.6) is 0 Å². The van der Waals surface area contributed by atoms with E-state index in [4.69, 9.17) is 32.9 Å². The molecule has 2 aromatic rings. The fourth-order valence-electron chi connectivity index (χ4n) is 4.54. The zero-order valence-corrected chi connectivity index (χ0v) is 18.0.